The van der Waals surface area contributed by atoms with Gasteiger partial charge in [0, 0.05) is 6.04 Å². The van der Waals surface area contributed by atoms with E-state index in [4.69, 9.17) is 9.47 Å². The van der Waals surface area contributed by atoms with Crippen LogP contribution in [0.5, 0.6) is 0 Å². The van der Waals surface area contributed by atoms with Crippen LogP contribution >= 0.6 is 0 Å². The Hall–Kier alpha value is -1.95. The SMILES string of the molecule is C=C1C[C@H](C)C[C@@H]2CC=C[C@@H](C/C=C\C(=O)N[C@H](C/C=C/[C@@H]3CC(C)=CCO3)CC3C[C@H]3[C@@H](O)C1)O2. The Morgan fingerprint density at radius 2 is 2.03 bits per heavy atom. The largest absolute Gasteiger partial charge is 0.392 e. The van der Waals surface area contributed by atoms with Crippen LogP contribution in [0, 0.1) is 17.8 Å². The van der Waals surface area contributed by atoms with Crippen molar-refractivity contribution >= 4 is 5.91 Å². The van der Waals surface area contributed by atoms with E-state index >= 15 is 0 Å². The maximum Gasteiger partial charge on any atom is 0.243 e. The van der Waals surface area contributed by atoms with E-state index in [2.05, 4.69) is 56.1 Å². The second-order valence-corrected chi connectivity index (χ2v) is 11.6. The number of carbonyl (C=O) groups excluding carboxylic acids is 1. The Morgan fingerprint density at radius 1 is 1.17 bits per heavy atom. The number of fused-ring (bicyclic) bond motifs is 3. The molecule has 0 spiro atoms. The van der Waals surface area contributed by atoms with Gasteiger partial charge in [-0.1, -0.05) is 61.1 Å². The number of hydrogen-bond donors (Lipinski definition) is 2. The normalized spacial score (nSPS) is 39.5. The fourth-order valence-corrected chi connectivity index (χ4v) is 6.01. The molecule has 0 saturated heterocycles. The van der Waals surface area contributed by atoms with Crippen molar-refractivity contribution in [1.82, 2.24) is 5.32 Å². The van der Waals surface area contributed by atoms with Gasteiger partial charge >= 0.3 is 0 Å². The molecule has 8 atom stereocenters. The molecule has 3 aliphatic heterocycles. The van der Waals surface area contributed by atoms with Crippen LogP contribution in [0.4, 0.5) is 0 Å². The van der Waals surface area contributed by atoms with Crippen molar-refractivity contribution in [2.45, 2.75) is 102 Å². The van der Waals surface area contributed by atoms with E-state index in [9.17, 15) is 9.90 Å². The molecule has 0 aromatic heterocycles. The van der Waals surface area contributed by atoms with Gasteiger partial charge < -0.3 is 19.9 Å². The summed E-state index contributed by atoms with van der Waals surface area (Å²) >= 11 is 0. The van der Waals surface area contributed by atoms with Gasteiger partial charge in [0.15, 0.2) is 0 Å². The first-order chi connectivity index (χ1) is 17.4. The average Bonchev–Trinajstić information content (AvgIpc) is 3.58. The molecular formula is C31H45NO4. The Bertz CT molecular complexity index is 887. The first kappa shape index (κ1) is 27.1. The van der Waals surface area contributed by atoms with Crippen LogP contribution in [0.3, 0.4) is 0 Å². The molecule has 0 aromatic carbocycles. The van der Waals surface area contributed by atoms with E-state index in [0.29, 0.717) is 37.2 Å². The van der Waals surface area contributed by atoms with Gasteiger partial charge in [0.1, 0.15) is 0 Å². The van der Waals surface area contributed by atoms with Crippen molar-refractivity contribution in [1.29, 1.82) is 0 Å². The number of nitrogens with one attached hydrogen (secondary N) is 1. The second-order valence-electron chi connectivity index (χ2n) is 11.6. The van der Waals surface area contributed by atoms with E-state index < -0.39 is 0 Å². The minimum Gasteiger partial charge on any atom is -0.392 e. The second kappa shape index (κ2) is 13.0. The molecule has 1 saturated carbocycles. The number of aliphatic hydroxyl groups is 1. The smallest absolute Gasteiger partial charge is 0.243 e. The van der Waals surface area contributed by atoms with Crippen LogP contribution in [0.15, 0.2) is 60.3 Å². The first-order valence-corrected chi connectivity index (χ1v) is 13.9. The van der Waals surface area contributed by atoms with E-state index in [1.807, 2.05) is 6.08 Å². The van der Waals surface area contributed by atoms with Crippen LogP contribution in [0.2, 0.25) is 0 Å². The molecule has 4 aliphatic rings. The lowest BCUT2D eigenvalue weighted by atomic mass is 9.90. The molecular weight excluding hydrogens is 450 g/mol. The van der Waals surface area contributed by atoms with Gasteiger partial charge in [-0.2, -0.15) is 0 Å². The fraction of sp³-hybridized carbons (Fsp3) is 0.645. The molecule has 5 nitrogen and oxygen atoms in total. The number of aliphatic hydroxyl groups excluding tert-OH is 1. The van der Waals surface area contributed by atoms with Crippen molar-refractivity contribution in [3.63, 3.8) is 0 Å². The van der Waals surface area contributed by atoms with Crippen LogP contribution in [-0.2, 0) is 14.3 Å². The molecule has 1 aliphatic carbocycles. The molecule has 5 heteroatoms. The summed E-state index contributed by atoms with van der Waals surface area (Å²) < 4.78 is 12.1. The average molecular weight is 496 g/mol. The molecule has 3 heterocycles. The lowest BCUT2D eigenvalue weighted by Crippen LogP contribution is -2.34. The van der Waals surface area contributed by atoms with E-state index in [1.165, 1.54) is 5.57 Å². The maximum atomic E-state index is 12.8. The van der Waals surface area contributed by atoms with Crippen molar-refractivity contribution in [2.24, 2.45) is 17.8 Å². The van der Waals surface area contributed by atoms with Gasteiger partial charge in [-0.3, -0.25) is 4.79 Å². The molecule has 0 aromatic rings. The van der Waals surface area contributed by atoms with Gasteiger partial charge in [-0.05, 0) is 88.5 Å². The lowest BCUT2D eigenvalue weighted by molar-refractivity contribution is -0.117. The number of rotatable bonds is 3. The molecule has 1 unspecified atom stereocenters. The summed E-state index contributed by atoms with van der Waals surface area (Å²) in [6, 6.07) is 0.0399. The fourth-order valence-electron chi connectivity index (χ4n) is 6.01. The predicted octanol–water partition coefficient (Wildman–Crippen LogP) is 5.58. The highest BCUT2D eigenvalue weighted by molar-refractivity contribution is 5.87. The molecule has 1 fully saturated rings. The first-order valence-electron chi connectivity index (χ1n) is 13.9. The highest BCUT2D eigenvalue weighted by atomic mass is 16.5. The number of ether oxygens (including phenoxy) is 2. The molecule has 198 valence electrons. The van der Waals surface area contributed by atoms with E-state index in [-0.39, 0.29) is 36.4 Å². The standard InChI is InChI=1S/C31H45NO4/c1-21-13-14-35-27(16-21)10-4-7-25-19-24-20-29(24)30(33)18-23(3)15-22(2)17-28-11-5-8-26(36-28)9-6-12-31(34)32-25/h4-6,8,10,12-13,22,24-30,33H,3,7,9,11,14-20H2,1-2H3,(H,32,34)/b10-4+,12-6-/t22-,24?,25+,26-,27+,28-,29+,30-/m0/s1. The van der Waals surface area contributed by atoms with Crippen molar-refractivity contribution in [2.75, 3.05) is 6.61 Å². The minimum absolute atomic E-state index is 0.0165. The number of carbonyl (C=O) groups is 1. The van der Waals surface area contributed by atoms with Crippen molar-refractivity contribution in [3.8, 4) is 0 Å². The molecule has 2 N–H and O–H groups in total. The monoisotopic (exact) mass is 495 g/mol. The Balaban J connectivity index is 1.40. The lowest BCUT2D eigenvalue weighted by Gasteiger charge is -2.28. The minimum atomic E-state index is -0.344. The predicted molar refractivity (Wildman–Crippen MR) is 144 cm³/mol. The molecule has 2 bridgehead atoms. The van der Waals surface area contributed by atoms with Gasteiger partial charge in [0.25, 0.3) is 0 Å². The molecule has 0 radical (unpaired) electrons. The van der Waals surface area contributed by atoms with Crippen LogP contribution in [-0.4, -0.2) is 48.1 Å². The number of amides is 1. The Kier molecular flexibility index (Phi) is 9.80. The third-order valence-corrected chi connectivity index (χ3v) is 8.00. The summed E-state index contributed by atoms with van der Waals surface area (Å²) in [4.78, 5) is 12.8. The van der Waals surface area contributed by atoms with E-state index in [0.717, 1.165) is 50.5 Å². The summed E-state index contributed by atoms with van der Waals surface area (Å²) in [6.07, 6.45) is 22.1. The quantitative estimate of drug-likeness (QED) is 0.502. The zero-order valence-corrected chi connectivity index (χ0v) is 22.1. The molecule has 1 amide bonds. The zero-order chi connectivity index (χ0) is 25.5. The van der Waals surface area contributed by atoms with Crippen molar-refractivity contribution in [3.05, 3.63) is 60.3 Å². The summed E-state index contributed by atoms with van der Waals surface area (Å²) in [7, 11) is 0. The zero-order valence-electron chi connectivity index (χ0n) is 22.1. The summed E-state index contributed by atoms with van der Waals surface area (Å²) in [6.45, 7) is 9.35. The highest BCUT2D eigenvalue weighted by Gasteiger charge is 2.43. The van der Waals surface area contributed by atoms with Gasteiger partial charge in [-0.15, -0.1) is 0 Å². The summed E-state index contributed by atoms with van der Waals surface area (Å²) in [5.41, 5.74) is 2.50. The molecule has 36 heavy (non-hydrogen) atoms. The number of hydrogen-bond acceptors (Lipinski definition) is 4. The highest BCUT2D eigenvalue weighted by Crippen LogP contribution is 2.46. The van der Waals surface area contributed by atoms with E-state index in [1.54, 1.807) is 6.08 Å². The summed E-state index contributed by atoms with van der Waals surface area (Å²) in [5.74, 6) is 1.16. The van der Waals surface area contributed by atoms with Gasteiger partial charge in [0.05, 0.1) is 31.0 Å². The Morgan fingerprint density at radius 3 is 2.86 bits per heavy atom. The maximum absolute atomic E-state index is 12.8. The summed E-state index contributed by atoms with van der Waals surface area (Å²) in [5, 5.41) is 14.1. The third kappa shape index (κ3) is 8.57. The molecule has 4 rings (SSSR count). The Labute approximate surface area is 217 Å². The van der Waals surface area contributed by atoms with Crippen LogP contribution in [0.1, 0.15) is 71.6 Å². The topological polar surface area (TPSA) is 67.8 Å². The van der Waals surface area contributed by atoms with Crippen LogP contribution < -0.4 is 5.32 Å². The van der Waals surface area contributed by atoms with Gasteiger partial charge in [0.2, 0.25) is 5.91 Å². The van der Waals surface area contributed by atoms with Crippen molar-refractivity contribution < 1.29 is 19.4 Å². The van der Waals surface area contributed by atoms with Crippen LogP contribution in [0.25, 0.3) is 0 Å². The van der Waals surface area contributed by atoms with Gasteiger partial charge in [-0.25, -0.2) is 0 Å². The third-order valence-electron chi connectivity index (χ3n) is 8.00.